The summed E-state index contributed by atoms with van der Waals surface area (Å²) in [7, 11) is 0. The molecule has 0 aliphatic rings. The normalized spacial score (nSPS) is 8.04. The molecule has 0 aromatic heterocycles. The average molecular weight is 399 g/mol. The Morgan fingerprint density at radius 2 is 0.821 bits per heavy atom. The fourth-order valence-electron chi connectivity index (χ4n) is 1.24. The van der Waals surface area contributed by atoms with Crippen molar-refractivity contribution in [3.63, 3.8) is 0 Å². The predicted octanol–water partition coefficient (Wildman–Crippen LogP) is 10.9. The van der Waals surface area contributed by atoms with Gasteiger partial charge < -0.3 is 0 Å². The zero-order chi connectivity index (χ0) is 24.3. The number of rotatable bonds is 1. The fraction of sp³-hybridized carbons (Fsp3) is 0.786. The van der Waals surface area contributed by atoms with E-state index in [-0.39, 0.29) is 0 Å². The summed E-state index contributed by atoms with van der Waals surface area (Å²) in [5.41, 5.74) is 4.24. The molecule has 0 aliphatic heterocycles. The molecule has 1 rings (SSSR count). The molecule has 0 heteroatoms. The van der Waals surface area contributed by atoms with Gasteiger partial charge in [-0.1, -0.05) is 135 Å². The summed E-state index contributed by atoms with van der Waals surface area (Å²) in [5.74, 6) is 2.50. The summed E-state index contributed by atoms with van der Waals surface area (Å²) in [6.45, 7) is 38.0. The van der Waals surface area contributed by atoms with Crippen molar-refractivity contribution in [3.8, 4) is 0 Å². The highest BCUT2D eigenvalue weighted by Crippen LogP contribution is 2.10. The lowest BCUT2D eigenvalue weighted by Crippen LogP contribution is -1.85. The van der Waals surface area contributed by atoms with Crippen molar-refractivity contribution in [3.05, 3.63) is 34.9 Å². The minimum absolute atomic E-state index is 0.833. The summed E-state index contributed by atoms with van der Waals surface area (Å²) in [5, 5.41) is 0. The van der Waals surface area contributed by atoms with Gasteiger partial charge in [0.15, 0.2) is 0 Å². The zero-order valence-corrected chi connectivity index (χ0v) is 23.7. The highest BCUT2D eigenvalue weighted by Gasteiger charge is 1.93. The Morgan fingerprint density at radius 1 is 0.571 bits per heavy atom. The smallest absolute Gasteiger partial charge is 0.0305 e. The van der Waals surface area contributed by atoms with Gasteiger partial charge in [-0.3, -0.25) is 0 Å². The van der Waals surface area contributed by atoms with Gasteiger partial charge in [0.25, 0.3) is 0 Å². The van der Waals surface area contributed by atoms with Crippen LogP contribution in [-0.4, -0.2) is 0 Å². The summed E-state index contributed by atoms with van der Waals surface area (Å²) in [6, 6.07) is 6.62. The molecule has 1 aromatic rings. The maximum absolute atomic E-state index is 2.23. The molecular formula is C28H62. The van der Waals surface area contributed by atoms with Crippen molar-refractivity contribution < 1.29 is 0 Å². The van der Waals surface area contributed by atoms with Crippen molar-refractivity contribution in [2.24, 2.45) is 17.8 Å². The number of aryl methyl sites for hydroxylation is 3. The molecule has 0 heterocycles. The minimum Gasteiger partial charge on any atom is -0.0683 e. The third-order valence-electron chi connectivity index (χ3n) is 1.88. The molecular weight excluding hydrogens is 336 g/mol. The summed E-state index contributed by atoms with van der Waals surface area (Å²) in [6.07, 6.45) is 1.14. The topological polar surface area (TPSA) is 0 Å². The second-order valence-corrected chi connectivity index (χ2v) is 7.98. The van der Waals surface area contributed by atoms with Gasteiger partial charge in [0.2, 0.25) is 0 Å². The molecule has 0 amide bonds. The van der Waals surface area contributed by atoms with Crippen molar-refractivity contribution >= 4 is 0 Å². The molecule has 0 aliphatic carbocycles. The number of hydrogen-bond acceptors (Lipinski definition) is 0. The number of hydrogen-bond donors (Lipinski definition) is 0. The molecule has 0 nitrogen and oxygen atoms in total. The van der Waals surface area contributed by atoms with Crippen LogP contribution in [0.5, 0.6) is 0 Å². The summed E-state index contributed by atoms with van der Waals surface area (Å²) < 4.78 is 0. The van der Waals surface area contributed by atoms with Crippen LogP contribution < -0.4 is 0 Å². The van der Waals surface area contributed by atoms with E-state index in [2.05, 4.69) is 101 Å². The van der Waals surface area contributed by atoms with Crippen LogP contribution in [0.3, 0.4) is 0 Å². The van der Waals surface area contributed by atoms with Crippen LogP contribution in [0.25, 0.3) is 0 Å². The second-order valence-electron chi connectivity index (χ2n) is 7.98. The van der Waals surface area contributed by atoms with Crippen molar-refractivity contribution in [2.75, 3.05) is 0 Å². The Kier molecular flexibility index (Phi) is 55.0. The van der Waals surface area contributed by atoms with Gasteiger partial charge in [-0.15, -0.1) is 0 Å². The molecule has 0 radical (unpaired) electrons. The van der Waals surface area contributed by atoms with Crippen LogP contribution in [0.2, 0.25) is 0 Å². The molecule has 0 saturated carbocycles. The van der Waals surface area contributed by atoms with Crippen LogP contribution in [0.15, 0.2) is 18.2 Å². The predicted molar refractivity (Wildman–Crippen MR) is 141 cm³/mol. The van der Waals surface area contributed by atoms with Crippen molar-refractivity contribution in [1.82, 2.24) is 0 Å². The molecule has 0 bridgehead atoms. The van der Waals surface area contributed by atoms with Crippen LogP contribution in [0.1, 0.15) is 127 Å². The minimum atomic E-state index is 0.833. The first kappa shape index (κ1) is 41.6. The molecule has 0 atom stereocenters. The fourth-order valence-corrected chi connectivity index (χ4v) is 1.24. The largest absolute Gasteiger partial charge is 0.0683 e. The van der Waals surface area contributed by atoms with E-state index in [4.69, 9.17) is 0 Å². The van der Waals surface area contributed by atoms with E-state index < -0.39 is 0 Å². The van der Waals surface area contributed by atoms with Crippen LogP contribution in [0.4, 0.5) is 0 Å². The van der Waals surface area contributed by atoms with Gasteiger partial charge in [-0.05, 0) is 49.1 Å². The average Bonchev–Trinajstić information content (AvgIpc) is 2.59. The Morgan fingerprint density at radius 3 is 1.00 bits per heavy atom. The standard InChI is InChI=1S/C10H14.3C4H10.3C2H6/c1-4-10-6-5-8(2)7-9(10)3;3*1-4(2)3;3*1-2/h5-7H,4H2,1-3H3;3*4H,1-3H3;3*1-2H3. The quantitative estimate of drug-likeness (QED) is 0.441. The van der Waals surface area contributed by atoms with E-state index in [0.29, 0.717) is 0 Å². The first-order valence-corrected chi connectivity index (χ1v) is 12.0. The van der Waals surface area contributed by atoms with Gasteiger partial charge in [0.05, 0.1) is 0 Å². The van der Waals surface area contributed by atoms with E-state index in [1.54, 1.807) is 0 Å². The maximum Gasteiger partial charge on any atom is -0.0305 e. The monoisotopic (exact) mass is 398 g/mol. The van der Waals surface area contributed by atoms with E-state index in [1.165, 1.54) is 16.7 Å². The number of benzene rings is 1. The molecule has 0 N–H and O–H groups in total. The van der Waals surface area contributed by atoms with E-state index in [1.807, 2.05) is 41.5 Å². The highest BCUT2D eigenvalue weighted by atomic mass is 14.0. The maximum atomic E-state index is 2.23. The summed E-state index contributed by atoms with van der Waals surface area (Å²) in [4.78, 5) is 0. The highest BCUT2D eigenvalue weighted by molar-refractivity contribution is 5.30. The lowest BCUT2D eigenvalue weighted by Gasteiger charge is -2.02. The second kappa shape index (κ2) is 37.0. The molecule has 0 saturated heterocycles. The van der Waals surface area contributed by atoms with Gasteiger partial charge in [-0.25, -0.2) is 0 Å². The molecule has 0 unspecified atom stereocenters. The Labute approximate surface area is 183 Å². The van der Waals surface area contributed by atoms with Crippen LogP contribution >= 0.6 is 0 Å². The van der Waals surface area contributed by atoms with E-state index in [9.17, 15) is 0 Å². The Bertz CT molecular complexity index is 309. The van der Waals surface area contributed by atoms with E-state index in [0.717, 1.165) is 24.2 Å². The van der Waals surface area contributed by atoms with E-state index >= 15 is 0 Å². The molecule has 1 aromatic carbocycles. The lowest BCUT2D eigenvalue weighted by atomic mass is 10.0. The Hall–Kier alpha value is -0.780. The van der Waals surface area contributed by atoms with Crippen LogP contribution in [0, 0.1) is 31.6 Å². The van der Waals surface area contributed by atoms with Crippen molar-refractivity contribution in [1.29, 1.82) is 0 Å². The Balaban J connectivity index is -0.0000000575. The molecule has 0 fully saturated rings. The summed E-state index contributed by atoms with van der Waals surface area (Å²) >= 11 is 0. The van der Waals surface area contributed by atoms with Gasteiger partial charge in [0, 0.05) is 0 Å². The SMILES string of the molecule is CC.CC.CC.CC(C)C.CC(C)C.CC(C)C.CCc1ccc(C)cc1C. The third kappa shape index (κ3) is 73.2. The van der Waals surface area contributed by atoms with Crippen LogP contribution in [-0.2, 0) is 6.42 Å². The lowest BCUT2D eigenvalue weighted by molar-refractivity contribution is 0.736. The molecule has 0 spiro atoms. The zero-order valence-electron chi connectivity index (χ0n) is 23.7. The molecule has 28 heavy (non-hydrogen) atoms. The molecule has 174 valence electrons. The first-order valence-electron chi connectivity index (χ1n) is 12.0. The third-order valence-corrected chi connectivity index (χ3v) is 1.88. The van der Waals surface area contributed by atoms with Gasteiger partial charge in [-0.2, -0.15) is 0 Å². The van der Waals surface area contributed by atoms with Gasteiger partial charge >= 0.3 is 0 Å². The first-order chi connectivity index (χ1) is 12.9. The van der Waals surface area contributed by atoms with Gasteiger partial charge in [0.1, 0.15) is 0 Å². The van der Waals surface area contributed by atoms with Crippen molar-refractivity contribution in [2.45, 2.75) is 131 Å².